The molecule has 7 heteroatoms. The van der Waals surface area contributed by atoms with E-state index < -0.39 is 12.1 Å². The van der Waals surface area contributed by atoms with Gasteiger partial charge in [-0.05, 0) is 36.4 Å². The molecule has 0 saturated carbocycles. The van der Waals surface area contributed by atoms with Crippen LogP contribution in [0.25, 0.3) is 6.08 Å². The van der Waals surface area contributed by atoms with Crippen molar-refractivity contribution in [3.63, 3.8) is 0 Å². The fourth-order valence-electron chi connectivity index (χ4n) is 2.36. The molecule has 0 atom stereocenters. The first-order valence-electron chi connectivity index (χ1n) is 7.53. The van der Waals surface area contributed by atoms with Gasteiger partial charge in [0.15, 0.2) is 5.78 Å². The Bertz CT molecular complexity index is 851. The van der Waals surface area contributed by atoms with Crippen LogP contribution in [0.2, 0.25) is 0 Å². The van der Waals surface area contributed by atoms with E-state index in [4.69, 9.17) is 9.15 Å². The van der Waals surface area contributed by atoms with Gasteiger partial charge in [-0.25, -0.2) is 9.59 Å². The van der Waals surface area contributed by atoms with Crippen molar-refractivity contribution in [3.8, 4) is 0 Å². The SMILES string of the molecule is COC(=O)c1ccc(/C=C/C(=O)c2cccc(N3CCOC3=O)c2)o1. The molecule has 128 valence electrons. The second kappa shape index (κ2) is 7.04. The molecule has 0 radical (unpaired) electrons. The molecule has 1 aliphatic heterocycles. The predicted molar refractivity (Wildman–Crippen MR) is 88.5 cm³/mol. The summed E-state index contributed by atoms with van der Waals surface area (Å²) in [6, 6.07) is 9.75. The lowest BCUT2D eigenvalue weighted by atomic mass is 10.1. The van der Waals surface area contributed by atoms with E-state index in [-0.39, 0.29) is 11.5 Å². The number of carbonyl (C=O) groups is 3. The zero-order chi connectivity index (χ0) is 17.8. The Morgan fingerprint density at radius 2 is 2.08 bits per heavy atom. The molecule has 25 heavy (non-hydrogen) atoms. The summed E-state index contributed by atoms with van der Waals surface area (Å²) in [6.07, 6.45) is 2.37. The number of rotatable bonds is 5. The molecule has 1 amide bonds. The monoisotopic (exact) mass is 341 g/mol. The highest BCUT2D eigenvalue weighted by molar-refractivity contribution is 6.07. The van der Waals surface area contributed by atoms with Gasteiger partial charge in [-0.3, -0.25) is 9.69 Å². The molecule has 2 aromatic rings. The van der Waals surface area contributed by atoms with Crippen molar-refractivity contribution in [2.24, 2.45) is 0 Å². The quantitative estimate of drug-likeness (QED) is 0.472. The fourth-order valence-corrected chi connectivity index (χ4v) is 2.36. The van der Waals surface area contributed by atoms with Gasteiger partial charge in [0.1, 0.15) is 12.4 Å². The van der Waals surface area contributed by atoms with E-state index in [1.54, 1.807) is 30.3 Å². The number of hydrogen-bond acceptors (Lipinski definition) is 6. The number of benzene rings is 1. The number of nitrogens with zero attached hydrogens (tertiary/aromatic N) is 1. The third kappa shape index (κ3) is 3.60. The maximum absolute atomic E-state index is 12.3. The topological polar surface area (TPSA) is 86.0 Å². The Balaban J connectivity index is 1.74. The predicted octanol–water partition coefficient (Wildman–Crippen LogP) is 2.92. The van der Waals surface area contributed by atoms with E-state index in [0.29, 0.717) is 30.2 Å². The van der Waals surface area contributed by atoms with Crippen molar-refractivity contribution in [1.29, 1.82) is 0 Å². The minimum absolute atomic E-state index is 0.0594. The number of cyclic esters (lactones) is 1. The lowest BCUT2D eigenvalue weighted by molar-refractivity contribution is 0.0564. The average molecular weight is 341 g/mol. The summed E-state index contributed by atoms with van der Waals surface area (Å²) in [5.41, 5.74) is 1.03. The first kappa shape index (κ1) is 16.5. The van der Waals surface area contributed by atoms with Crippen LogP contribution in [-0.2, 0) is 9.47 Å². The Hall–Kier alpha value is -3.35. The Morgan fingerprint density at radius 3 is 2.80 bits per heavy atom. The number of allylic oxidation sites excluding steroid dienone is 1. The van der Waals surface area contributed by atoms with E-state index in [9.17, 15) is 14.4 Å². The largest absolute Gasteiger partial charge is 0.463 e. The molecular formula is C18H15NO6. The van der Waals surface area contributed by atoms with E-state index in [0.717, 1.165) is 0 Å². The number of ketones is 1. The van der Waals surface area contributed by atoms with Crippen LogP contribution in [0.5, 0.6) is 0 Å². The smallest absolute Gasteiger partial charge is 0.414 e. The molecule has 7 nitrogen and oxygen atoms in total. The van der Waals surface area contributed by atoms with Gasteiger partial charge >= 0.3 is 12.1 Å². The summed E-state index contributed by atoms with van der Waals surface area (Å²) >= 11 is 0. The zero-order valence-corrected chi connectivity index (χ0v) is 13.4. The summed E-state index contributed by atoms with van der Waals surface area (Å²) in [4.78, 5) is 36.7. The van der Waals surface area contributed by atoms with Crippen LogP contribution in [0.4, 0.5) is 10.5 Å². The highest BCUT2D eigenvalue weighted by atomic mass is 16.6. The highest BCUT2D eigenvalue weighted by Crippen LogP contribution is 2.20. The van der Waals surface area contributed by atoms with Crippen molar-refractivity contribution in [2.45, 2.75) is 0 Å². The maximum Gasteiger partial charge on any atom is 0.414 e. The summed E-state index contributed by atoms with van der Waals surface area (Å²) in [7, 11) is 1.26. The lowest BCUT2D eigenvalue weighted by Crippen LogP contribution is -2.23. The van der Waals surface area contributed by atoms with Crippen molar-refractivity contribution in [3.05, 3.63) is 59.6 Å². The highest BCUT2D eigenvalue weighted by Gasteiger charge is 2.23. The van der Waals surface area contributed by atoms with Crippen LogP contribution in [0.3, 0.4) is 0 Å². The summed E-state index contributed by atoms with van der Waals surface area (Å²) in [6.45, 7) is 0.785. The number of carbonyl (C=O) groups excluding carboxylic acids is 3. The number of methoxy groups -OCH3 is 1. The zero-order valence-electron chi connectivity index (χ0n) is 13.4. The molecule has 0 bridgehead atoms. The summed E-state index contributed by atoms with van der Waals surface area (Å²) < 4.78 is 14.7. The van der Waals surface area contributed by atoms with Crippen LogP contribution in [0.1, 0.15) is 26.7 Å². The van der Waals surface area contributed by atoms with Crippen molar-refractivity contribution < 1.29 is 28.3 Å². The van der Waals surface area contributed by atoms with E-state index in [1.807, 2.05) is 0 Å². The molecule has 1 aliphatic rings. The lowest BCUT2D eigenvalue weighted by Gasteiger charge is -2.13. The van der Waals surface area contributed by atoms with Crippen molar-refractivity contribution in [1.82, 2.24) is 0 Å². The van der Waals surface area contributed by atoms with Crippen LogP contribution in [-0.4, -0.2) is 38.1 Å². The fraction of sp³-hybridized carbons (Fsp3) is 0.167. The van der Waals surface area contributed by atoms with Gasteiger partial charge in [0, 0.05) is 11.3 Å². The third-order valence-electron chi connectivity index (χ3n) is 3.62. The average Bonchev–Trinajstić information content (AvgIpc) is 3.28. The van der Waals surface area contributed by atoms with E-state index >= 15 is 0 Å². The van der Waals surface area contributed by atoms with Crippen LogP contribution in [0, 0.1) is 0 Å². The summed E-state index contributed by atoms with van der Waals surface area (Å²) in [5.74, 6) is -0.432. The Labute approximate surface area is 143 Å². The second-order valence-electron chi connectivity index (χ2n) is 5.21. The number of ether oxygens (including phenoxy) is 2. The third-order valence-corrected chi connectivity index (χ3v) is 3.62. The van der Waals surface area contributed by atoms with Crippen molar-refractivity contribution >= 4 is 29.6 Å². The van der Waals surface area contributed by atoms with Gasteiger partial charge in [-0.15, -0.1) is 0 Å². The van der Waals surface area contributed by atoms with Gasteiger partial charge in [-0.2, -0.15) is 0 Å². The standard InChI is InChI=1S/C18H15NO6/c1-23-17(21)16-8-6-14(25-16)5-7-15(20)12-3-2-4-13(11-12)19-9-10-24-18(19)22/h2-8,11H,9-10H2,1H3/b7-5+. The van der Waals surface area contributed by atoms with Gasteiger partial charge in [0.25, 0.3) is 0 Å². The number of amides is 1. The van der Waals surface area contributed by atoms with Crippen LogP contribution in [0.15, 0.2) is 46.9 Å². The molecule has 3 rings (SSSR count). The molecule has 0 N–H and O–H groups in total. The maximum atomic E-state index is 12.3. The first-order chi connectivity index (χ1) is 12.1. The minimum Gasteiger partial charge on any atom is -0.463 e. The Kier molecular flexibility index (Phi) is 4.65. The van der Waals surface area contributed by atoms with Gasteiger partial charge in [0.05, 0.1) is 13.7 Å². The number of esters is 1. The Morgan fingerprint density at radius 1 is 1.24 bits per heavy atom. The molecule has 0 unspecified atom stereocenters. The molecule has 1 saturated heterocycles. The number of furan rings is 1. The van der Waals surface area contributed by atoms with E-state index in [1.165, 1.54) is 30.2 Å². The van der Waals surface area contributed by atoms with Crippen LogP contribution >= 0.6 is 0 Å². The second-order valence-corrected chi connectivity index (χ2v) is 5.21. The molecule has 2 heterocycles. The number of hydrogen-bond donors (Lipinski definition) is 0. The normalized spacial score (nSPS) is 14.0. The molecular weight excluding hydrogens is 326 g/mol. The van der Waals surface area contributed by atoms with Crippen molar-refractivity contribution in [2.75, 3.05) is 25.2 Å². The first-order valence-corrected chi connectivity index (χ1v) is 7.53. The van der Waals surface area contributed by atoms with Gasteiger partial charge < -0.3 is 13.9 Å². The molecule has 1 aromatic carbocycles. The minimum atomic E-state index is -0.587. The number of anilines is 1. The molecule has 1 fully saturated rings. The van der Waals surface area contributed by atoms with Gasteiger partial charge in [0.2, 0.25) is 5.76 Å². The van der Waals surface area contributed by atoms with E-state index in [2.05, 4.69) is 4.74 Å². The molecule has 0 spiro atoms. The molecule has 0 aliphatic carbocycles. The van der Waals surface area contributed by atoms with Crippen LogP contribution < -0.4 is 4.90 Å². The summed E-state index contributed by atoms with van der Waals surface area (Å²) in [5, 5.41) is 0. The van der Waals surface area contributed by atoms with Gasteiger partial charge in [-0.1, -0.05) is 12.1 Å². The molecule has 1 aromatic heterocycles.